The Balaban J connectivity index is 1.83. The zero-order valence-electron chi connectivity index (χ0n) is 17.3. The molecule has 0 spiro atoms. The molecule has 0 radical (unpaired) electrons. The molecule has 0 unspecified atom stereocenters. The molecule has 0 saturated carbocycles. The van der Waals surface area contributed by atoms with Crippen LogP contribution in [0.4, 0.5) is 5.82 Å². The average molecular weight is 426 g/mol. The molecule has 0 saturated heterocycles. The quantitative estimate of drug-likeness (QED) is 0.676. The van der Waals surface area contributed by atoms with Crippen LogP contribution in [0, 0.1) is 13.8 Å². The minimum Gasteiger partial charge on any atom is -0.496 e. The first kappa shape index (κ1) is 20.2. The van der Waals surface area contributed by atoms with Gasteiger partial charge in [-0.25, -0.2) is 4.68 Å². The molecule has 7 nitrogen and oxygen atoms in total. The van der Waals surface area contributed by atoms with Crippen LogP contribution in [-0.2, 0) is 22.3 Å². The number of hydrogen-bond acceptors (Lipinski definition) is 5. The zero-order chi connectivity index (χ0) is 21.4. The third-order valence-corrected chi connectivity index (χ3v) is 6.57. The smallest absolute Gasteiger partial charge is 0.264 e. The Morgan fingerprint density at radius 2 is 1.73 bits per heavy atom. The van der Waals surface area contributed by atoms with E-state index in [9.17, 15) is 9.00 Å². The second-order valence-corrected chi connectivity index (χ2v) is 8.58. The van der Waals surface area contributed by atoms with Crippen LogP contribution in [0.1, 0.15) is 32.7 Å². The zero-order valence-corrected chi connectivity index (χ0v) is 18.1. The summed E-state index contributed by atoms with van der Waals surface area (Å²) in [7, 11) is 1.99. The fourth-order valence-corrected chi connectivity index (χ4v) is 4.90. The number of nitrogens with zero attached hydrogens (tertiary/aromatic N) is 2. The fourth-order valence-electron chi connectivity index (χ4n) is 3.64. The Morgan fingerprint density at radius 1 is 1.07 bits per heavy atom. The van der Waals surface area contributed by atoms with Gasteiger partial charge < -0.3 is 14.8 Å². The SMILES string of the molecule is COc1cccc(OC)c1C(=O)Nc1c2c(nn1-c1cccc(C)c1C)C[S@](=O)C2. The summed E-state index contributed by atoms with van der Waals surface area (Å²) < 4.78 is 24.6. The topological polar surface area (TPSA) is 82.4 Å². The summed E-state index contributed by atoms with van der Waals surface area (Å²) in [5.74, 6) is 1.71. The summed E-state index contributed by atoms with van der Waals surface area (Å²) in [5, 5.41) is 7.68. The van der Waals surface area contributed by atoms with Crippen molar-refractivity contribution in [2.45, 2.75) is 25.4 Å². The van der Waals surface area contributed by atoms with Gasteiger partial charge in [0.2, 0.25) is 0 Å². The molecule has 1 amide bonds. The number of aromatic nitrogens is 2. The number of fused-ring (bicyclic) bond motifs is 1. The van der Waals surface area contributed by atoms with E-state index in [2.05, 4.69) is 5.32 Å². The number of anilines is 1. The van der Waals surface area contributed by atoms with E-state index < -0.39 is 10.8 Å². The molecule has 0 aliphatic carbocycles. The summed E-state index contributed by atoms with van der Waals surface area (Å²) in [6, 6.07) is 11.1. The van der Waals surface area contributed by atoms with Gasteiger partial charge in [-0.2, -0.15) is 5.10 Å². The van der Waals surface area contributed by atoms with E-state index in [1.54, 1.807) is 22.9 Å². The highest BCUT2D eigenvalue weighted by Gasteiger charge is 2.30. The second kappa shape index (κ2) is 7.95. The molecule has 1 N–H and O–H groups in total. The summed E-state index contributed by atoms with van der Waals surface area (Å²) in [4.78, 5) is 13.3. The van der Waals surface area contributed by atoms with Gasteiger partial charge in [0.15, 0.2) is 0 Å². The van der Waals surface area contributed by atoms with Gasteiger partial charge in [-0.15, -0.1) is 0 Å². The van der Waals surface area contributed by atoms with Crippen LogP contribution < -0.4 is 14.8 Å². The van der Waals surface area contributed by atoms with E-state index in [1.807, 2.05) is 32.0 Å². The molecule has 3 aromatic rings. The van der Waals surface area contributed by atoms with E-state index in [0.29, 0.717) is 34.4 Å². The number of carbonyl (C=O) groups excluding carboxylic acids is 1. The molecule has 1 aliphatic rings. The number of methoxy groups -OCH3 is 2. The van der Waals surface area contributed by atoms with Gasteiger partial charge in [-0.1, -0.05) is 18.2 Å². The van der Waals surface area contributed by atoms with Gasteiger partial charge in [0.05, 0.1) is 37.1 Å². The molecular formula is C22H23N3O4S. The van der Waals surface area contributed by atoms with Gasteiger partial charge in [-0.3, -0.25) is 9.00 Å². The molecule has 2 heterocycles. The third-order valence-electron chi connectivity index (χ3n) is 5.36. The molecule has 1 aromatic heterocycles. The van der Waals surface area contributed by atoms with Crippen molar-refractivity contribution < 1.29 is 18.5 Å². The number of amides is 1. The number of rotatable bonds is 5. The Kier molecular flexibility index (Phi) is 5.34. The van der Waals surface area contributed by atoms with Crippen molar-refractivity contribution in [3.05, 3.63) is 64.3 Å². The van der Waals surface area contributed by atoms with E-state index in [0.717, 1.165) is 28.1 Å². The Bertz CT molecular complexity index is 1150. The molecule has 8 heteroatoms. The minimum absolute atomic E-state index is 0.295. The molecule has 30 heavy (non-hydrogen) atoms. The number of aryl methyl sites for hydroxylation is 1. The van der Waals surface area contributed by atoms with Crippen LogP contribution in [-0.4, -0.2) is 34.1 Å². The van der Waals surface area contributed by atoms with Gasteiger partial charge in [0.25, 0.3) is 5.91 Å². The molecule has 156 valence electrons. The van der Waals surface area contributed by atoms with E-state index >= 15 is 0 Å². The van der Waals surface area contributed by atoms with E-state index in [4.69, 9.17) is 14.6 Å². The van der Waals surface area contributed by atoms with Crippen LogP contribution in [0.25, 0.3) is 5.69 Å². The summed E-state index contributed by atoms with van der Waals surface area (Å²) in [6.07, 6.45) is 0. The van der Waals surface area contributed by atoms with Crippen LogP contribution >= 0.6 is 0 Å². The molecule has 0 fully saturated rings. The molecule has 1 atom stereocenters. The van der Waals surface area contributed by atoms with Crippen molar-refractivity contribution in [1.82, 2.24) is 9.78 Å². The predicted molar refractivity (Wildman–Crippen MR) is 116 cm³/mol. The van der Waals surface area contributed by atoms with Crippen LogP contribution in [0.3, 0.4) is 0 Å². The standard InChI is InChI=1S/C22H23N3O4S/c1-13-7-5-8-17(14(13)2)25-21(15-11-30(27)12-16(15)24-25)23-22(26)20-18(28-3)9-6-10-19(20)29-4/h5-10H,11-12H2,1-4H3,(H,23,26)/t30-/m1/s1. The van der Waals surface area contributed by atoms with Gasteiger partial charge >= 0.3 is 0 Å². The molecule has 2 aromatic carbocycles. The van der Waals surface area contributed by atoms with Crippen molar-refractivity contribution in [1.29, 1.82) is 0 Å². The van der Waals surface area contributed by atoms with Gasteiger partial charge in [-0.05, 0) is 43.2 Å². The molecule has 0 bridgehead atoms. The molecular weight excluding hydrogens is 402 g/mol. The van der Waals surface area contributed by atoms with Crippen LogP contribution in [0.15, 0.2) is 36.4 Å². The van der Waals surface area contributed by atoms with E-state index in [1.165, 1.54) is 14.2 Å². The number of ether oxygens (including phenoxy) is 2. The first-order valence-corrected chi connectivity index (χ1v) is 11.0. The van der Waals surface area contributed by atoms with Crippen molar-refractivity contribution in [3.8, 4) is 17.2 Å². The lowest BCUT2D eigenvalue weighted by Crippen LogP contribution is -2.18. The highest BCUT2D eigenvalue weighted by molar-refractivity contribution is 7.83. The maximum absolute atomic E-state index is 13.3. The maximum Gasteiger partial charge on any atom is 0.264 e. The fraction of sp³-hybridized carbons (Fsp3) is 0.273. The summed E-state index contributed by atoms with van der Waals surface area (Å²) >= 11 is 0. The summed E-state index contributed by atoms with van der Waals surface area (Å²) in [5.41, 5.74) is 4.90. The highest BCUT2D eigenvalue weighted by Crippen LogP contribution is 2.35. The number of carbonyl (C=O) groups is 1. The lowest BCUT2D eigenvalue weighted by molar-refractivity contribution is 0.102. The number of hydrogen-bond donors (Lipinski definition) is 1. The first-order chi connectivity index (χ1) is 14.4. The molecule has 4 rings (SSSR count). The maximum atomic E-state index is 13.3. The number of benzene rings is 2. The Labute approximate surface area is 177 Å². The number of nitrogens with one attached hydrogen (secondary N) is 1. The first-order valence-electron chi connectivity index (χ1n) is 9.49. The second-order valence-electron chi connectivity index (χ2n) is 7.12. The third kappa shape index (κ3) is 3.37. The van der Waals surface area contributed by atoms with Crippen molar-refractivity contribution >= 4 is 22.5 Å². The lowest BCUT2D eigenvalue weighted by atomic mass is 10.1. The van der Waals surface area contributed by atoms with E-state index in [-0.39, 0.29) is 5.91 Å². The van der Waals surface area contributed by atoms with Crippen molar-refractivity contribution in [3.63, 3.8) is 0 Å². The largest absolute Gasteiger partial charge is 0.496 e. The lowest BCUT2D eigenvalue weighted by Gasteiger charge is -2.16. The average Bonchev–Trinajstić information content (AvgIpc) is 3.26. The molecule has 1 aliphatic heterocycles. The van der Waals surface area contributed by atoms with Crippen molar-refractivity contribution in [2.24, 2.45) is 0 Å². The van der Waals surface area contributed by atoms with Crippen molar-refractivity contribution in [2.75, 3.05) is 19.5 Å². The van der Waals surface area contributed by atoms with Crippen LogP contribution in [0.2, 0.25) is 0 Å². The normalized spacial score (nSPS) is 15.0. The monoisotopic (exact) mass is 425 g/mol. The van der Waals surface area contributed by atoms with Gasteiger partial charge in [0.1, 0.15) is 22.9 Å². The Morgan fingerprint density at radius 3 is 2.40 bits per heavy atom. The summed E-state index contributed by atoms with van der Waals surface area (Å²) in [6.45, 7) is 4.05. The minimum atomic E-state index is -1.02. The highest BCUT2D eigenvalue weighted by atomic mass is 32.2. The van der Waals surface area contributed by atoms with Gasteiger partial charge in [0, 0.05) is 16.4 Å². The predicted octanol–water partition coefficient (Wildman–Crippen LogP) is 3.52. The Hall–Kier alpha value is -3.13. The van der Waals surface area contributed by atoms with Crippen LogP contribution in [0.5, 0.6) is 11.5 Å².